The zero-order valence-electron chi connectivity index (χ0n) is 38.0. The van der Waals surface area contributed by atoms with E-state index in [-0.39, 0.29) is 141 Å². The fourth-order valence-electron chi connectivity index (χ4n) is 4.52. The van der Waals surface area contributed by atoms with Crippen molar-refractivity contribution in [3.8, 4) is 0 Å². The minimum atomic E-state index is 0. The van der Waals surface area contributed by atoms with Crippen molar-refractivity contribution in [3.63, 3.8) is 0 Å². The Kier molecular flexibility index (Phi) is 43.3. The third-order valence-electron chi connectivity index (χ3n) is 7.00. The minimum Gasteiger partial charge on any atom is -0.875 e. The van der Waals surface area contributed by atoms with E-state index in [1.165, 1.54) is 0 Å². The van der Waals surface area contributed by atoms with Crippen LogP contribution >= 0.6 is 0 Å². The summed E-state index contributed by atoms with van der Waals surface area (Å²) in [6.45, 7) is 16.5. The van der Waals surface area contributed by atoms with E-state index in [9.17, 15) is 20.4 Å². The maximum absolute atomic E-state index is 10.7. The van der Waals surface area contributed by atoms with Gasteiger partial charge in [0.2, 0.25) is 49.0 Å². The first-order valence-electron chi connectivity index (χ1n) is 18.3. The van der Waals surface area contributed by atoms with Gasteiger partial charge in [0.05, 0.1) is 0 Å². The topological polar surface area (TPSA) is 205 Å². The van der Waals surface area contributed by atoms with Crippen LogP contribution in [-0.4, -0.2) is 22.8 Å². The van der Waals surface area contributed by atoms with Gasteiger partial charge in [0, 0.05) is 76.2 Å². The first-order valence-corrected chi connectivity index (χ1v) is 18.3. The molecule has 0 bridgehead atoms. The molecule has 4 aromatic heterocycles. The predicted octanol–water partition coefficient (Wildman–Crippen LogP) is -16.8. The van der Waals surface area contributed by atoms with Crippen molar-refractivity contribution in [2.75, 3.05) is 0 Å². The number of pyridine rings is 4. The van der Waals surface area contributed by atoms with E-state index in [1.54, 1.807) is 52.0 Å². The number of nitrogens with one attached hydrogen (secondary N) is 8. The summed E-state index contributed by atoms with van der Waals surface area (Å²) < 4.78 is 0. The van der Waals surface area contributed by atoms with Gasteiger partial charge in [0.1, 0.15) is 0 Å². The summed E-state index contributed by atoms with van der Waals surface area (Å²) in [6, 6.07) is 23.6. The van der Waals surface area contributed by atoms with Crippen LogP contribution in [0.1, 0.15) is 78.2 Å². The molecule has 16 heteroatoms. The second-order valence-electron chi connectivity index (χ2n) is 12.7. The molecule has 0 saturated carbocycles. The largest absolute Gasteiger partial charge is 1.00 e. The molecule has 0 saturated heterocycles. The average Bonchev–Trinajstić information content (AvgIpc) is 3.16. The molecule has 4 heterocycles. The monoisotopic (exact) mass is 856 g/mol. The number of rotatable bonds is 12. The summed E-state index contributed by atoms with van der Waals surface area (Å²) in [5, 5.41) is 43.0. The molecule has 0 aromatic carbocycles. The Morgan fingerprint density at radius 2 is 0.550 bits per heavy atom. The molecule has 0 fully saturated rings. The summed E-state index contributed by atoms with van der Waals surface area (Å²) >= 11 is 0. The van der Waals surface area contributed by atoms with Gasteiger partial charge in [-0.25, -0.2) is 39.9 Å². The van der Waals surface area contributed by atoms with E-state index < -0.39 is 0 Å². The molecule has 0 aliphatic heterocycles. The van der Waals surface area contributed by atoms with Crippen LogP contribution in [0, 0.1) is 0 Å². The van der Waals surface area contributed by atoms with Crippen LogP contribution in [0.5, 0.6) is 0 Å². The second kappa shape index (κ2) is 40.5. The summed E-state index contributed by atoms with van der Waals surface area (Å²) in [5.74, 6) is 0.248. The van der Waals surface area contributed by atoms with Crippen molar-refractivity contribution < 1.29 is 179 Å². The third-order valence-corrected chi connectivity index (χ3v) is 7.00. The molecule has 0 aliphatic carbocycles. The van der Waals surface area contributed by atoms with Crippen molar-refractivity contribution >= 4 is 22.8 Å². The predicted molar refractivity (Wildman–Crippen MR) is 208 cm³/mol. The molecule has 4 rings (SSSR count). The molecule has 0 atom stereocenters. The fourth-order valence-corrected chi connectivity index (χ4v) is 4.52. The van der Waals surface area contributed by atoms with Crippen LogP contribution in [0.2, 0.25) is 0 Å². The summed E-state index contributed by atoms with van der Waals surface area (Å²) in [4.78, 5) is 25.0. The molecule has 0 radical (unpaired) electrons. The van der Waals surface area contributed by atoms with E-state index in [0.29, 0.717) is 26.2 Å². The van der Waals surface area contributed by atoms with Gasteiger partial charge in [0.25, 0.3) is 0 Å². The summed E-state index contributed by atoms with van der Waals surface area (Å²) in [6.07, 6.45) is 13.8. The molecule has 8 N–H and O–H groups in total. The molecule has 60 heavy (non-hydrogen) atoms. The van der Waals surface area contributed by atoms with Gasteiger partial charge in [-0.2, -0.15) is 0 Å². The smallest absolute Gasteiger partial charge is 0.875 e. The van der Waals surface area contributed by atoms with Crippen LogP contribution in [-0.2, 0) is 26.2 Å². The maximum Gasteiger partial charge on any atom is 1.00 e. The van der Waals surface area contributed by atoms with Gasteiger partial charge in [-0.15, -0.1) is 23.0 Å². The second-order valence-corrected chi connectivity index (χ2v) is 12.7. The van der Waals surface area contributed by atoms with Gasteiger partial charge in [-0.3, -0.25) is 0 Å². The summed E-state index contributed by atoms with van der Waals surface area (Å²) in [7, 11) is 0. The van der Waals surface area contributed by atoms with Crippen LogP contribution in [0.15, 0.2) is 145 Å². The Hall–Kier alpha value is -2.56. The molecule has 4 aromatic rings. The van der Waals surface area contributed by atoms with Crippen molar-refractivity contribution in [2.24, 2.45) is 0 Å². The number of hydrogen-bond acceptors (Lipinski definition) is 4. The Bertz CT molecular complexity index is 1660. The number of hydrogen-bond donors (Lipinski definition) is 4. The van der Waals surface area contributed by atoms with Gasteiger partial charge >= 0.3 is 118 Å². The number of H-pyrrole nitrogens is 4. The van der Waals surface area contributed by atoms with Crippen LogP contribution in [0.3, 0.4) is 0 Å². The van der Waals surface area contributed by atoms with Gasteiger partial charge < -0.3 is 20.4 Å². The van der Waals surface area contributed by atoms with E-state index in [0.717, 1.165) is 45.6 Å². The zero-order chi connectivity index (χ0) is 41.6. The number of aromatic nitrogens is 4. The molecule has 0 spiro atoms. The Labute approximate surface area is 445 Å². The van der Waals surface area contributed by atoms with Crippen LogP contribution < -0.4 is 179 Å². The van der Waals surface area contributed by atoms with Gasteiger partial charge in [0.15, 0.2) is 47.6 Å². The third kappa shape index (κ3) is 38.4. The SMILES string of the molecule is CC(/C=C(/C)[O-])=[NH+]Cc1cccc[nH+]1.CC(/C=C(/C)[O-])=[NH+]Cc1cccc[nH+]1.CC(/C=C(/C)[O-])=[NH+]Cc1cccc[nH+]1.CC(/C=C(/C)[O-])=[NH+]Cc1cccc[nH+]1.[Na+].[Na+].[Na+].[Na+]. The van der Waals surface area contributed by atoms with Crippen LogP contribution in [0.25, 0.3) is 0 Å². The van der Waals surface area contributed by atoms with Crippen molar-refractivity contribution in [1.29, 1.82) is 0 Å². The van der Waals surface area contributed by atoms with Crippen LogP contribution in [0.4, 0.5) is 0 Å². The van der Waals surface area contributed by atoms with Gasteiger partial charge in [-0.05, 0) is 48.6 Å². The van der Waals surface area contributed by atoms with E-state index in [4.69, 9.17) is 0 Å². The number of allylic oxidation sites excluding steroid dienone is 8. The molecule has 0 aliphatic rings. The zero-order valence-corrected chi connectivity index (χ0v) is 46.0. The first kappa shape index (κ1) is 64.1. The maximum atomic E-state index is 10.7. The Morgan fingerprint density at radius 1 is 0.367 bits per heavy atom. The molecule has 296 valence electrons. The molecule has 12 nitrogen and oxygen atoms in total. The van der Waals surface area contributed by atoms with E-state index in [2.05, 4.69) is 39.9 Å². The fraction of sp³-hybridized carbons (Fsp3) is 0.273. The van der Waals surface area contributed by atoms with Crippen molar-refractivity contribution in [3.05, 3.63) is 168 Å². The van der Waals surface area contributed by atoms with Gasteiger partial charge in [-0.1, -0.05) is 27.7 Å². The molecular formula is C44H60N8Na4O4+8. The molecular weight excluding hydrogens is 796 g/mol. The van der Waals surface area contributed by atoms with Crippen molar-refractivity contribution in [1.82, 2.24) is 0 Å². The normalized spacial score (nSPS) is 12.1. The Morgan fingerprint density at radius 3 is 0.683 bits per heavy atom. The molecule has 0 unspecified atom stereocenters. The average molecular weight is 857 g/mol. The Balaban J connectivity index is -0.000000341. The number of aromatic amines is 4. The van der Waals surface area contributed by atoms with E-state index >= 15 is 0 Å². The molecule has 0 amide bonds. The summed E-state index contributed by atoms with van der Waals surface area (Å²) in [5.41, 5.74) is 7.88. The van der Waals surface area contributed by atoms with E-state index in [1.807, 2.05) is 125 Å². The standard InChI is InChI=1S/4C11H14N2O.4Na/c4*1-9(7-10(2)14)13-8-11-5-3-4-6-12-11;;;;/h4*3-7,14H,8H2,1-2H3;;;;/q;;;;4*+1/p+4/b4*10-7-,13-9?;;;;. The minimum absolute atomic E-state index is 0. The quantitative estimate of drug-likeness (QED) is 0.0623. The van der Waals surface area contributed by atoms with Crippen molar-refractivity contribution in [2.45, 2.75) is 81.6 Å². The first-order chi connectivity index (χ1) is 26.7.